The smallest absolute Gasteiger partial charge is 0.332 e. The minimum atomic E-state index is -0.533. The Morgan fingerprint density at radius 3 is 2.95 bits per heavy atom. The SMILES string of the molecule is CC(=O)ON=C(N)COc1cccc2cccnc12. The van der Waals surface area contributed by atoms with Crippen molar-refractivity contribution in [2.45, 2.75) is 6.92 Å². The van der Waals surface area contributed by atoms with Gasteiger partial charge in [0.05, 0.1) is 0 Å². The standard InChI is InChI=1S/C13H13N3O3/c1-9(17)19-16-12(14)8-18-11-6-2-4-10-5-3-7-15-13(10)11/h2-7H,8H2,1H3,(H2,14,16). The number of benzene rings is 1. The number of oxime groups is 1. The molecular formula is C13H13N3O3. The molecule has 6 nitrogen and oxygen atoms in total. The fourth-order valence-electron chi connectivity index (χ4n) is 1.49. The topological polar surface area (TPSA) is 86.8 Å². The van der Waals surface area contributed by atoms with Gasteiger partial charge in [-0.2, -0.15) is 0 Å². The summed E-state index contributed by atoms with van der Waals surface area (Å²) >= 11 is 0. The lowest BCUT2D eigenvalue weighted by Gasteiger charge is -2.07. The molecule has 0 aliphatic carbocycles. The average Bonchev–Trinajstić information content (AvgIpc) is 2.42. The summed E-state index contributed by atoms with van der Waals surface area (Å²) in [6.07, 6.45) is 1.69. The summed E-state index contributed by atoms with van der Waals surface area (Å²) in [4.78, 5) is 19.2. The van der Waals surface area contributed by atoms with Gasteiger partial charge in [-0.15, -0.1) is 0 Å². The number of carbonyl (C=O) groups is 1. The molecule has 0 unspecified atom stereocenters. The maximum Gasteiger partial charge on any atom is 0.332 e. The number of para-hydroxylation sites is 1. The molecule has 0 spiro atoms. The predicted molar refractivity (Wildman–Crippen MR) is 70.6 cm³/mol. The quantitative estimate of drug-likeness (QED) is 0.388. The number of nitrogens with two attached hydrogens (primary N) is 1. The van der Waals surface area contributed by atoms with E-state index in [-0.39, 0.29) is 12.4 Å². The predicted octanol–water partition coefficient (Wildman–Crippen LogP) is 1.45. The molecule has 0 aliphatic heterocycles. The number of ether oxygens (including phenoxy) is 1. The van der Waals surface area contributed by atoms with Gasteiger partial charge in [-0.3, -0.25) is 4.98 Å². The molecule has 2 rings (SSSR count). The molecule has 19 heavy (non-hydrogen) atoms. The van der Waals surface area contributed by atoms with Crippen molar-refractivity contribution in [3.8, 4) is 5.75 Å². The lowest BCUT2D eigenvalue weighted by Crippen LogP contribution is -2.22. The molecule has 2 N–H and O–H groups in total. The highest BCUT2D eigenvalue weighted by Gasteiger charge is 2.04. The fourth-order valence-corrected chi connectivity index (χ4v) is 1.49. The van der Waals surface area contributed by atoms with Crippen LogP contribution < -0.4 is 10.5 Å². The number of hydrogen-bond donors (Lipinski definition) is 1. The average molecular weight is 259 g/mol. The summed E-state index contributed by atoms with van der Waals surface area (Å²) < 4.78 is 5.50. The summed E-state index contributed by atoms with van der Waals surface area (Å²) in [6, 6.07) is 9.37. The summed E-state index contributed by atoms with van der Waals surface area (Å²) in [5.74, 6) is 0.136. The first kappa shape index (κ1) is 12.8. The Kier molecular flexibility index (Phi) is 3.92. The monoisotopic (exact) mass is 259 g/mol. The lowest BCUT2D eigenvalue weighted by atomic mass is 10.2. The number of nitrogens with zero attached hydrogens (tertiary/aromatic N) is 2. The molecular weight excluding hydrogens is 246 g/mol. The first-order valence-corrected chi connectivity index (χ1v) is 5.63. The third-order valence-electron chi connectivity index (χ3n) is 2.26. The van der Waals surface area contributed by atoms with Gasteiger partial charge in [0.2, 0.25) is 0 Å². The molecule has 0 atom stereocenters. The van der Waals surface area contributed by atoms with Crippen molar-refractivity contribution in [2.75, 3.05) is 6.61 Å². The van der Waals surface area contributed by atoms with Crippen molar-refractivity contribution in [1.29, 1.82) is 0 Å². The van der Waals surface area contributed by atoms with E-state index in [2.05, 4.69) is 15.0 Å². The van der Waals surface area contributed by atoms with Gasteiger partial charge in [0.25, 0.3) is 0 Å². The van der Waals surface area contributed by atoms with Gasteiger partial charge in [0.15, 0.2) is 5.84 Å². The number of fused-ring (bicyclic) bond motifs is 1. The first-order chi connectivity index (χ1) is 9.16. The van der Waals surface area contributed by atoms with Gasteiger partial charge in [-0.05, 0) is 12.1 Å². The highest BCUT2D eigenvalue weighted by atomic mass is 16.7. The zero-order valence-electron chi connectivity index (χ0n) is 10.4. The van der Waals surface area contributed by atoms with Gasteiger partial charge in [0, 0.05) is 18.5 Å². The molecule has 2 aromatic rings. The van der Waals surface area contributed by atoms with Crippen molar-refractivity contribution >= 4 is 22.7 Å². The van der Waals surface area contributed by atoms with E-state index in [4.69, 9.17) is 10.5 Å². The van der Waals surface area contributed by atoms with Crippen LogP contribution in [0, 0.1) is 0 Å². The van der Waals surface area contributed by atoms with Crippen LogP contribution >= 0.6 is 0 Å². The Hall–Kier alpha value is -2.63. The molecule has 0 fully saturated rings. The molecule has 6 heteroatoms. The molecule has 98 valence electrons. The van der Waals surface area contributed by atoms with E-state index in [0.717, 1.165) is 10.9 Å². The third kappa shape index (κ3) is 3.41. The van der Waals surface area contributed by atoms with Crippen LogP contribution in [0.15, 0.2) is 41.7 Å². The van der Waals surface area contributed by atoms with Crippen molar-refractivity contribution < 1.29 is 14.4 Å². The van der Waals surface area contributed by atoms with Gasteiger partial charge < -0.3 is 15.3 Å². The maximum absolute atomic E-state index is 10.6. The Labute approximate surface area is 109 Å². The van der Waals surface area contributed by atoms with Gasteiger partial charge >= 0.3 is 5.97 Å². The van der Waals surface area contributed by atoms with Crippen LogP contribution in [0.5, 0.6) is 5.75 Å². The molecule has 1 heterocycles. The summed E-state index contributed by atoms with van der Waals surface area (Å²) in [6.45, 7) is 1.26. The summed E-state index contributed by atoms with van der Waals surface area (Å²) in [7, 11) is 0. The second-order valence-corrected chi connectivity index (χ2v) is 3.79. The van der Waals surface area contributed by atoms with Crippen LogP contribution in [-0.4, -0.2) is 23.4 Å². The normalized spacial score (nSPS) is 11.3. The van der Waals surface area contributed by atoms with Crippen molar-refractivity contribution in [3.05, 3.63) is 36.5 Å². The van der Waals surface area contributed by atoms with Gasteiger partial charge in [0.1, 0.15) is 17.9 Å². The Morgan fingerprint density at radius 1 is 1.37 bits per heavy atom. The molecule has 0 amide bonds. The molecule has 0 aliphatic rings. The Bertz CT molecular complexity index is 620. The zero-order valence-corrected chi connectivity index (χ0v) is 10.4. The second kappa shape index (κ2) is 5.81. The summed E-state index contributed by atoms with van der Waals surface area (Å²) in [5, 5.41) is 4.39. The lowest BCUT2D eigenvalue weighted by molar-refractivity contribution is -0.141. The summed E-state index contributed by atoms with van der Waals surface area (Å²) in [5.41, 5.74) is 6.28. The van der Waals surface area contributed by atoms with Gasteiger partial charge in [-0.1, -0.05) is 23.4 Å². The number of pyridine rings is 1. The van der Waals surface area contributed by atoms with E-state index in [1.807, 2.05) is 24.3 Å². The minimum absolute atomic E-state index is 0.0168. The van der Waals surface area contributed by atoms with Crippen LogP contribution in [0.4, 0.5) is 0 Å². The van der Waals surface area contributed by atoms with Crippen LogP contribution in [0.25, 0.3) is 10.9 Å². The number of hydrogen-bond acceptors (Lipinski definition) is 5. The Balaban J connectivity index is 2.10. The molecule has 0 saturated carbocycles. The van der Waals surface area contributed by atoms with Crippen molar-refractivity contribution in [2.24, 2.45) is 10.9 Å². The third-order valence-corrected chi connectivity index (χ3v) is 2.26. The van der Waals surface area contributed by atoms with E-state index in [0.29, 0.717) is 5.75 Å². The minimum Gasteiger partial charge on any atom is -0.483 e. The molecule has 1 aromatic carbocycles. The van der Waals surface area contributed by atoms with Crippen LogP contribution in [-0.2, 0) is 9.63 Å². The molecule has 0 radical (unpaired) electrons. The number of rotatable bonds is 4. The van der Waals surface area contributed by atoms with E-state index in [1.165, 1.54) is 6.92 Å². The number of amidine groups is 1. The number of carbonyl (C=O) groups excluding carboxylic acids is 1. The van der Waals surface area contributed by atoms with Crippen molar-refractivity contribution in [1.82, 2.24) is 4.98 Å². The first-order valence-electron chi connectivity index (χ1n) is 5.63. The van der Waals surface area contributed by atoms with E-state index in [9.17, 15) is 4.79 Å². The zero-order chi connectivity index (χ0) is 13.7. The highest BCUT2D eigenvalue weighted by Crippen LogP contribution is 2.22. The van der Waals surface area contributed by atoms with Crippen LogP contribution in [0.3, 0.4) is 0 Å². The second-order valence-electron chi connectivity index (χ2n) is 3.79. The van der Waals surface area contributed by atoms with E-state index >= 15 is 0 Å². The molecule has 0 bridgehead atoms. The van der Waals surface area contributed by atoms with Gasteiger partial charge in [-0.25, -0.2) is 4.79 Å². The Morgan fingerprint density at radius 2 is 2.16 bits per heavy atom. The van der Waals surface area contributed by atoms with Crippen LogP contribution in [0.1, 0.15) is 6.92 Å². The fraction of sp³-hybridized carbons (Fsp3) is 0.154. The van der Waals surface area contributed by atoms with E-state index < -0.39 is 5.97 Å². The highest BCUT2D eigenvalue weighted by molar-refractivity contribution is 5.85. The molecule has 1 aromatic heterocycles. The van der Waals surface area contributed by atoms with Crippen molar-refractivity contribution in [3.63, 3.8) is 0 Å². The van der Waals surface area contributed by atoms with E-state index in [1.54, 1.807) is 12.3 Å². The van der Waals surface area contributed by atoms with Crippen LogP contribution in [0.2, 0.25) is 0 Å². The number of aromatic nitrogens is 1. The maximum atomic E-state index is 10.6. The largest absolute Gasteiger partial charge is 0.483 e. The molecule has 0 saturated heterocycles.